The topological polar surface area (TPSA) is 3.24 Å². The van der Waals surface area contributed by atoms with Crippen molar-refractivity contribution in [3.63, 3.8) is 0 Å². The normalized spacial score (nSPS) is 15.2. The summed E-state index contributed by atoms with van der Waals surface area (Å²) in [7, 11) is 0. The van der Waals surface area contributed by atoms with Gasteiger partial charge in [-0.05, 0) is 62.7 Å². The van der Waals surface area contributed by atoms with Crippen molar-refractivity contribution in [2.45, 2.75) is 12.5 Å². The molecule has 6 rings (SSSR count). The van der Waals surface area contributed by atoms with E-state index in [1.807, 2.05) is 0 Å². The summed E-state index contributed by atoms with van der Waals surface area (Å²) in [5, 5.41) is 7.72. The summed E-state index contributed by atoms with van der Waals surface area (Å²) in [6.45, 7) is 0. The second-order valence-corrected chi connectivity index (χ2v) is 8.24. The van der Waals surface area contributed by atoms with Gasteiger partial charge in [-0.2, -0.15) is 0 Å². The summed E-state index contributed by atoms with van der Waals surface area (Å²) in [4.78, 5) is 2.49. The molecule has 1 aliphatic carbocycles. The molecule has 0 saturated carbocycles. The monoisotopic (exact) mass is 397 g/mol. The van der Waals surface area contributed by atoms with Gasteiger partial charge in [-0.1, -0.05) is 97.1 Å². The smallest absolute Gasteiger partial charge is 0.0566 e. The van der Waals surface area contributed by atoms with E-state index in [2.05, 4.69) is 126 Å². The number of rotatable bonds is 3. The number of hydrogen-bond acceptors (Lipinski definition) is 1. The molecule has 0 aliphatic heterocycles. The molecular weight excluding hydrogens is 374 g/mol. The zero-order chi connectivity index (χ0) is 20.6. The van der Waals surface area contributed by atoms with Gasteiger partial charge in [-0.25, -0.2) is 0 Å². The lowest BCUT2D eigenvalue weighted by Crippen LogP contribution is -2.37. The van der Waals surface area contributed by atoms with Crippen molar-refractivity contribution in [1.29, 1.82) is 0 Å². The molecule has 5 aromatic rings. The predicted octanol–water partition coefficient (Wildman–Crippen LogP) is 6.16. The van der Waals surface area contributed by atoms with Crippen LogP contribution in [0.15, 0.2) is 109 Å². The minimum atomic E-state index is 0.261. The van der Waals surface area contributed by atoms with Gasteiger partial charge in [0, 0.05) is 11.4 Å². The third kappa shape index (κ3) is 3.29. The van der Waals surface area contributed by atoms with Gasteiger partial charge in [0.05, 0.1) is 6.04 Å². The van der Waals surface area contributed by atoms with Gasteiger partial charge in [-0.3, -0.25) is 0 Å². The Morgan fingerprint density at radius 2 is 1.03 bits per heavy atom. The van der Waals surface area contributed by atoms with Crippen LogP contribution in [0, 0.1) is 0 Å². The largest absolute Gasteiger partial charge is 0.334 e. The Kier molecular flexibility index (Phi) is 4.32. The highest BCUT2D eigenvalue weighted by molar-refractivity contribution is 5.90. The van der Waals surface area contributed by atoms with E-state index in [1.54, 1.807) is 0 Å². The fourth-order valence-electron chi connectivity index (χ4n) is 4.74. The molecule has 5 aromatic carbocycles. The van der Waals surface area contributed by atoms with E-state index in [4.69, 9.17) is 0 Å². The van der Waals surface area contributed by atoms with Crippen molar-refractivity contribution < 1.29 is 0 Å². The highest BCUT2D eigenvalue weighted by Gasteiger charge is 2.20. The summed E-state index contributed by atoms with van der Waals surface area (Å²) in [5.74, 6) is 0. The Morgan fingerprint density at radius 1 is 0.516 bits per heavy atom. The molecule has 0 bridgehead atoms. The molecule has 0 radical (unpaired) electrons. The average Bonchev–Trinajstić information content (AvgIpc) is 2.84. The molecule has 0 spiro atoms. The van der Waals surface area contributed by atoms with Crippen LogP contribution in [0.2, 0.25) is 0 Å². The van der Waals surface area contributed by atoms with E-state index >= 15 is 0 Å². The molecule has 1 heteroatoms. The molecule has 1 aliphatic rings. The first-order chi connectivity index (χ1) is 15.3. The average molecular weight is 398 g/mol. The highest BCUT2D eigenvalue weighted by Crippen LogP contribution is 2.34. The highest BCUT2D eigenvalue weighted by atomic mass is 15.2. The summed E-state index contributed by atoms with van der Waals surface area (Å²) in [5.41, 5.74) is 2.45. The van der Waals surface area contributed by atoms with Crippen molar-refractivity contribution >= 4 is 45.1 Å². The van der Waals surface area contributed by atoms with E-state index < -0.39 is 0 Å². The predicted molar refractivity (Wildman–Crippen MR) is 133 cm³/mol. The van der Waals surface area contributed by atoms with Crippen LogP contribution >= 0.6 is 0 Å². The van der Waals surface area contributed by atoms with E-state index in [0.717, 1.165) is 6.42 Å². The number of nitrogens with zero attached hydrogens (tertiary/aromatic N) is 1. The van der Waals surface area contributed by atoms with Crippen LogP contribution in [-0.4, -0.2) is 6.04 Å². The fourth-order valence-corrected chi connectivity index (χ4v) is 4.74. The standard InChI is InChI=1S/C30H23N/c1-4-10-25-19-28(16-13-22(25)7-1)31(29-17-14-23-8-2-5-11-26(23)20-29)30-18-15-24-9-3-6-12-27(24)21-30/h1-17,19-21,30H,18H2. The second-order valence-electron chi connectivity index (χ2n) is 8.24. The molecule has 0 aromatic heterocycles. The lowest BCUT2D eigenvalue weighted by Gasteiger charge is -2.33. The lowest BCUT2D eigenvalue weighted by molar-refractivity contribution is 0.838. The first kappa shape index (κ1) is 18.0. The van der Waals surface area contributed by atoms with Crippen molar-refractivity contribution in [3.8, 4) is 0 Å². The molecule has 1 unspecified atom stereocenters. The van der Waals surface area contributed by atoms with Crippen molar-refractivity contribution in [1.82, 2.24) is 0 Å². The van der Waals surface area contributed by atoms with E-state index in [0.29, 0.717) is 0 Å². The number of anilines is 2. The Hall–Kier alpha value is -3.84. The molecule has 148 valence electrons. The van der Waals surface area contributed by atoms with Crippen LogP contribution in [0.4, 0.5) is 11.4 Å². The third-order valence-corrected chi connectivity index (χ3v) is 6.30. The van der Waals surface area contributed by atoms with Crippen LogP contribution in [0.1, 0.15) is 6.42 Å². The van der Waals surface area contributed by atoms with Crippen molar-refractivity contribution in [2.75, 3.05) is 4.90 Å². The van der Waals surface area contributed by atoms with Crippen LogP contribution < -0.4 is 15.3 Å². The Labute approximate surface area is 182 Å². The Balaban J connectivity index is 1.55. The van der Waals surface area contributed by atoms with E-state index in [-0.39, 0.29) is 6.04 Å². The van der Waals surface area contributed by atoms with Gasteiger partial charge in [0.1, 0.15) is 0 Å². The van der Waals surface area contributed by atoms with Crippen LogP contribution in [-0.2, 0) is 0 Å². The summed E-state index contributed by atoms with van der Waals surface area (Å²) >= 11 is 0. The zero-order valence-electron chi connectivity index (χ0n) is 17.3. The van der Waals surface area contributed by atoms with Gasteiger partial charge in [0.25, 0.3) is 0 Å². The molecular formula is C30H23N. The minimum absolute atomic E-state index is 0.261. The lowest BCUT2D eigenvalue weighted by atomic mass is 9.99. The molecule has 0 fully saturated rings. The maximum Gasteiger partial charge on any atom is 0.0566 e. The maximum absolute atomic E-state index is 2.49. The molecule has 1 atom stereocenters. The molecule has 0 N–H and O–H groups in total. The second kappa shape index (κ2) is 7.45. The summed E-state index contributed by atoms with van der Waals surface area (Å²) in [6, 6.07) is 39.7. The van der Waals surface area contributed by atoms with Gasteiger partial charge in [-0.15, -0.1) is 0 Å². The van der Waals surface area contributed by atoms with Gasteiger partial charge >= 0.3 is 0 Å². The van der Waals surface area contributed by atoms with Gasteiger partial charge in [0.15, 0.2) is 0 Å². The summed E-state index contributed by atoms with van der Waals surface area (Å²) in [6.07, 6.45) is 5.77. The van der Waals surface area contributed by atoms with Gasteiger partial charge in [0.2, 0.25) is 0 Å². The van der Waals surface area contributed by atoms with Gasteiger partial charge < -0.3 is 4.90 Å². The molecule has 1 nitrogen and oxygen atoms in total. The van der Waals surface area contributed by atoms with Crippen molar-refractivity contribution in [3.05, 3.63) is 120 Å². The summed E-state index contributed by atoms with van der Waals surface area (Å²) < 4.78 is 0. The number of fused-ring (bicyclic) bond motifs is 3. The van der Waals surface area contributed by atoms with E-state index in [9.17, 15) is 0 Å². The van der Waals surface area contributed by atoms with E-state index in [1.165, 1.54) is 43.4 Å². The fraction of sp³-hybridized carbons (Fsp3) is 0.0667. The molecule has 31 heavy (non-hydrogen) atoms. The number of hydrogen-bond donors (Lipinski definition) is 0. The molecule has 0 heterocycles. The molecule has 0 saturated heterocycles. The maximum atomic E-state index is 2.49. The van der Waals surface area contributed by atoms with Crippen molar-refractivity contribution in [2.24, 2.45) is 0 Å². The Bertz CT molecular complexity index is 1450. The minimum Gasteiger partial charge on any atom is -0.334 e. The first-order valence-electron chi connectivity index (χ1n) is 10.9. The van der Waals surface area contributed by atoms with Crippen LogP contribution in [0.5, 0.6) is 0 Å². The SMILES string of the molecule is C1=c2ccccc2=CC(N(c2ccc3ccccc3c2)c2ccc3ccccc3c2)C1. The number of benzene rings is 5. The quantitative estimate of drug-likeness (QED) is 0.352. The van der Waals surface area contributed by atoms with Crippen LogP contribution in [0.25, 0.3) is 33.7 Å². The van der Waals surface area contributed by atoms with Crippen LogP contribution in [0.3, 0.4) is 0 Å². The zero-order valence-corrected chi connectivity index (χ0v) is 17.3. The molecule has 0 amide bonds. The first-order valence-corrected chi connectivity index (χ1v) is 10.9. The third-order valence-electron chi connectivity index (χ3n) is 6.30. The Morgan fingerprint density at radius 3 is 1.65 bits per heavy atom.